The summed E-state index contributed by atoms with van der Waals surface area (Å²) in [5, 5.41) is 0. The molecule has 1 aromatic carbocycles. The summed E-state index contributed by atoms with van der Waals surface area (Å²) >= 11 is 1.54. The summed E-state index contributed by atoms with van der Waals surface area (Å²) in [6.45, 7) is 0.482. The molecule has 0 aliphatic heterocycles. The van der Waals surface area contributed by atoms with Gasteiger partial charge in [-0.2, -0.15) is 0 Å². The third-order valence-corrected chi connectivity index (χ3v) is 2.43. The highest BCUT2D eigenvalue weighted by Gasteiger charge is 1.97. The molecule has 0 N–H and O–H groups in total. The van der Waals surface area contributed by atoms with Crippen molar-refractivity contribution < 1.29 is 9.13 Å². The minimum absolute atomic E-state index is 0.254. The molecule has 1 aromatic heterocycles. The van der Waals surface area contributed by atoms with E-state index in [1.54, 1.807) is 23.8 Å². The molecule has 4 heteroatoms. The number of rotatable bonds is 3. The van der Waals surface area contributed by atoms with Crippen LogP contribution < -0.4 is 4.74 Å². The van der Waals surface area contributed by atoms with Crippen molar-refractivity contribution in [2.75, 3.05) is 0 Å². The van der Waals surface area contributed by atoms with Crippen LogP contribution in [0.2, 0.25) is 0 Å². The van der Waals surface area contributed by atoms with E-state index in [2.05, 4.69) is 4.98 Å². The standard InChI is InChI=1S/C10H8FNOS/c11-8-1-3-9(4-2-8)13-6-10-5-12-7-14-10/h1-5,7H,6H2. The molecule has 0 fully saturated rings. The summed E-state index contributed by atoms with van der Waals surface area (Å²) in [6, 6.07) is 5.97. The van der Waals surface area contributed by atoms with Crippen LogP contribution in [0.5, 0.6) is 5.75 Å². The lowest BCUT2D eigenvalue weighted by Gasteiger charge is -2.02. The van der Waals surface area contributed by atoms with Crippen molar-refractivity contribution >= 4 is 11.3 Å². The lowest BCUT2D eigenvalue weighted by Crippen LogP contribution is -1.92. The zero-order chi connectivity index (χ0) is 9.80. The van der Waals surface area contributed by atoms with Gasteiger partial charge in [-0.1, -0.05) is 0 Å². The molecule has 0 bridgehead atoms. The van der Waals surface area contributed by atoms with E-state index in [0.29, 0.717) is 12.4 Å². The molecule has 0 radical (unpaired) electrons. The fourth-order valence-corrected chi connectivity index (χ4v) is 1.50. The highest BCUT2D eigenvalue weighted by molar-refractivity contribution is 7.09. The Morgan fingerprint density at radius 2 is 2.07 bits per heavy atom. The van der Waals surface area contributed by atoms with E-state index >= 15 is 0 Å². The maximum Gasteiger partial charge on any atom is 0.124 e. The van der Waals surface area contributed by atoms with Crippen LogP contribution in [0.4, 0.5) is 4.39 Å². The first-order chi connectivity index (χ1) is 6.84. The predicted molar refractivity (Wildman–Crippen MR) is 52.8 cm³/mol. The van der Waals surface area contributed by atoms with Gasteiger partial charge >= 0.3 is 0 Å². The molecule has 0 aliphatic carbocycles. The van der Waals surface area contributed by atoms with E-state index in [-0.39, 0.29) is 5.82 Å². The summed E-state index contributed by atoms with van der Waals surface area (Å²) < 4.78 is 17.9. The SMILES string of the molecule is Fc1ccc(OCc2cncs2)cc1. The van der Waals surface area contributed by atoms with Gasteiger partial charge in [0.1, 0.15) is 18.2 Å². The van der Waals surface area contributed by atoms with Crippen molar-refractivity contribution in [3.8, 4) is 5.75 Å². The topological polar surface area (TPSA) is 22.1 Å². The van der Waals surface area contributed by atoms with Gasteiger partial charge in [-0.3, -0.25) is 4.98 Å². The van der Waals surface area contributed by atoms with Gasteiger partial charge in [0.25, 0.3) is 0 Å². The second-order valence-corrected chi connectivity index (χ2v) is 3.68. The molecule has 1 heterocycles. The fraction of sp³-hybridized carbons (Fsp3) is 0.100. The van der Waals surface area contributed by atoms with Gasteiger partial charge in [0.15, 0.2) is 0 Å². The quantitative estimate of drug-likeness (QED) is 0.775. The van der Waals surface area contributed by atoms with Crippen LogP contribution in [-0.4, -0.2) is 4.98 Å². The number of thiazole rings is 1. The van der Waals surface area contributed by atoms with Gasteiger partial charge in [0, 0.05) is 6.20 Å². The Bertz CT molecular complexity index is 385. The predicted octanol–water partition coefficient (Wildman–Crippen LogP) is 2.86. The van der Waals surface area contributed by atoms with E-state index in [1.165, 1.54) is 23.5 Å². The van der Waals surface area contributed by atoms with Crippen LogP contribution in [0.15, 0.2) is 36.0 Å². The Hall–Kier alpha value is -1.42. The van der Waals surface area contributed by atoms with Crippen LogP contribution >= 0.6 is 11.3 Å². The normalized spacial score (nSPS) is 10.1. The average molecular weight is 209 g/mol. The van der Waals surface area contributed by atoms with Gasteiger partial charge in [-0.25, -0.2) is 4.39 Å². The monoisotopic (exact) mass is 209 g/mol. The zero-order valence-corrected chi connectivity index (χ0v) is 8.13. The van der Waals surface area contributed by atoms with Crippen molar-refractivity contribution in [1.82, 2.24) is 4.98 Å². The molecular weight excluding hydrogens is 201 g/mol. The second kappa shape index (κ2) is 4.19. The maximum absolute atomic E-state index is 12.5. The Morgan fingerprint density at radius 3 is 2.71 bits per heavy atom. The van der Waals surface area contributed by atoms with Crippen molar-refractivity contribution in [3.63, 3.8) is 0 Å². The molecule has 0 spiro atoms. The van der Waals surface area contributed by atoms with E-state index in [9.17, 15) is 4.39 Å². The number of hydrogen-bond donors (Lipinski definition) is 0. The minimum atomic E-state index is -0.254. The van der Waals surface area contributed by atoms with Crippen LogP contribution in [0.1, 0.15) is 4.88 Å². The average Bonchev–Trinajstić information content (AvgIpc) is 2.70. The first-order valence-electron chi connectivity index (χ1n) is 4.10. The smallest absolute Gasteiger partial charge is 0.124 e. The molecular formula is C10H8FNOS. The van der Waals surface area contributed by atoms with Gasteiger partial charge in [-0.05, 0) is 24.3 Å². The Morgan fingerprint density at radius 1 is 1.29 bits per heavy atom. The Balaban J connectivity index is 1.95. The zero-order valence-electron chi connectivity index (χ0n) is 7.31. The highest BCUT2D eigenvalue weighted by Crippen LogP contribution is 2.14. The van der Waals surface area contributed by atoms with E-state index in [0.717, 1.165) is 4.88 Å². The summed E-state index contributed by atoms with van der Waals surface area (Å²) in [6.07, 6.45) is 1.76. The van der Waals surface area contributed by atoms with Crippen LogP contribution in [0.25, 0.3) is 0 Å². The Kier molecular flexibility index (Phi) is 2.74. The van der Waals surface area contributed by atoms with Crippen molar-refractivity contribution in [2.45, 2.75) is 6.61 Å². The van der Waals surface area contributed by atoms with Crippen LogP contribution in [0, 0.1) is 5.82 Å². The van der Waals surface area contributed by atoms with E-state index in [1.807, 2.05) is 0 Å². The summed E-state index contributed by atoms with van der Waals surface area (Å²) in [5.41, 5.74) is 1.75. The second-order valence-electron chi connectivity index (χ2n) is 2.71. The molecule has 2 nitrogen and oxygen atoms in total. The third kappa shape index (κ3) is 2.29. The van der Waals surface area contributed by atoms with Crippen molar-refractivity contribution in [3.05, 3.63) is 46.7 Å². The number of benzene rings is 1. The van der Waals surface area contributed by atoms with Gasteiger partial charge in [-0.15, -0.1) is 11.3 Å². The number of hydrogen-bond acceptors (Lipinski definition) is 3. The fourth-order valence-electron chi connectivity index (χ4n) is 0.999. The molecule has 0 saturated heterocycles. The molecule has 0 saturated carbocycles. The highest BCUT2D eigenvalue weighted by atomic mass is 32.1. The summed E-state index contributed by atoms with van der Waals surface area (Å²) in [5.74, 6) is 0.412. The van der Waals surface area contributed by atoms with Crippen LogP contribution in [-0.2, 0) is 6.61 Å². The minimum Gasteiger partial charge on any atom is -0.488 e. The van der Waals surface area contributed by atoms with Gasteiger partial charge < -0.3 is 4.74 Å². The molecule has 0 unspecified atom stereocenters. The van der Waals surface area contributed by atoms with E-state index < -0.39 is 0 Å². The lowest BCUT2D eigenvalue weighted by atomic mass is 10.3. The molecule has 0 aliphatic rings. The maximum atomic E-state index is 12.5. The van der Waals surface area contributed by atoms with Gasteiger partial charge in [0.2, 0.25) is 0 Å². The largest absolute Gasteiger partial charge is 0.488 e. The molecule has 2 aromatic rings. The third-order valence-electron chi connectivity index (χ3n) is 1.68. The Labute approximate surface area is 85.0 Å². The summed E-state index contributed by atoms with van der Waals surface area (Å²) in [7, 11) is 0. The molecule has 0 amide bonds. The number of halogens is 1. The molecule has 72 valence electrons. The molecule has 14 heavy (non-hydrogen) atoms. The lowest BCUT2D eigenvalue weighted by molar-refractivity contribution is 0.309. The van der Waals surface area contributed by atoms with Crippen molar-refractivity contribution in [2.24, 2.45) is 0 Å². The number of aromatic nitrogens is 1. The first kappa shape index (κ1) is 9.15. The number of ether oxygens (including phenoxy) is 1. The van der Waals surface area contributed by atoms with E-state index in [4.69, 9.17) is 4.74 Å². The first-order valence-corrected chi connectivity index (χ1v) is 4.98. The molecule has 0 atom stereocenters. The van der Waals surface area contributed by atoms with Gasteiger partial charge in [0.05, 0.1) is 10.4 Å². The number of nitrogens with zero attached hydrogens (tertiary/aromatic N) is 1. The van der Waals surface area contributed by atoms with Crippen molar-refractivity contribution in [1.29, 1.82) is 0 Å². The van der Waals surface area contributed by atoms with Crippen LogP contribution in [0.3, 0.4) is 0 Å². The molecule has 2 rings (SSSR count). The summed E-state index contributed by atoms with van der Waals surface area (Å²) in [4.78, 5) is 4.98.